The number of rotatable bonds is 6. The third-order valence-electron chi connectivity index (χ3n) is 4.41. The Morgan fingerprint density at radius 3 is 2.60 bits per heavy atom. The maximum atomic E-state index is 9.36. The molecule has 1 N–H and O–H groups in total. The highest BCUT2D eigenvalue weighted by Gasteiger charge is 2.58. The van der Waals surface area contributed by atoms with Gasteiger partial charge in [-0.25, -0.2) is 0 Å². The van der Waals surface area contributed by atoms with Crippen molar-refractivity contribution in [3.05, 3.63) is 12.2 Å². The van der Waals surface area contributed by atoms with Gasteiger partial charge in [0, 0.05) is 6.61 Å². The van der Waals surface area contributed by atoms with Crippen molar-refractivity contribution in [1.29, 1.82) is 0 Å². The molecule has 0 aromatic carbocycles. The summed E-state index contributed by atoms with van der Waals surface area (Å²) in [6, 6.07) is 0. The Balaban J connectivity index is 1.87. The summed E-state index contributed by atoms with van der Waals surface area (Å²) >= 11 is 0. The lowest BCUT2D eigenvalue weighted by molar-refractivity contribution is 0.248. The minimum absolute atomic E-state index is 0.375. The molecular weight excluding hydrogens is 184 g/mol. The average molecular weight is 208 g/mol. The van der Waals surface area contributed by atoms with E-state index in [4.69, 9.17) is 0 Å². The van der Waals surface area contributed by atoms with Gasteiger partial charge in [-0.2, -0.15) is 0 Å². The Bertz CT molecular complexity index is 242. The molecule has 0 heterocycles. The number of hydrogen-bond acceptors (Lipinski definition) is 1. The first-order valence-corrected chi connectivity index (χ1v) is 6.51. The van der Waals surface area contributed by atoms with Crippen LogP contribution < -0.4 is 0 Å². The van der Waals surface area contributed by atoms with Crippen LogP contribution in [0.5, 0.6) is 0 Å². The van der Waals surface area contributed by atoms with Crippen LogP contribution in [0.4, 0.5) is 0 Å². The summed E-state index contributed by atoms with van der Waals surface area (Å²) in [7, 11) is 0. The van der Waals surface area contributed by atoms with E-state index < -0.39 is 0 Å². The molecule has 0 bridgehead atoms. The minimum Gasteiger partial charge on any atom is -0.396 e. The molecule has 0 saturated heterocycles. The van der Waals surface area contributed by atoms with Crippen LogP contribution in [-0.4, -0.2) is 11.7 Å². The van der Waals surface area contributed by atoms with Gasteiger partial charge >= 0.3 is 0 Å². The molecule has 2 aliphatic rings. The van der Waals surface area contributed by atoms with E-state index in [-0.39, 0.29) is 0 Å². The molecule has 86 valence electrons. The van der Waals surface area contributed by atoms with Crippen LogP contribution in [0.2, 0.25) is 0 Å². The Labute approximate surface area is 93.6 Å². The molecule has 0 amide bonds. The van der Waals surface area contributed by atoms with Crippen LogP contribution in [0.1, 0.15) is 46.0 Å². The molecule has 1 heteroatoms. The number of unbranched alkanes of at least 4 members (excludes halogenated alkanes) is 1. The molecule has 1 nitrogen and oxygen atoms in total. The molecule has 2 saturated carbocycles. The first-order chi connectivity index (χ1) is 7.22. The zero-order valence-electron chi connectivity index (χ0n) is 10.1. The highest BCUT2D eigenvalue weighted by atomic mass is 16.3. The Hall–Kier alpha value is -0.300. The fourth-order valence-corrected chi connectivity index (χ4v) is 2.85. The summed E-state index contributed by atoms with van der Waals surface area (Å²) < 4.78 is 0. The highest BCUT2D eigenvalue weighted by Crippen LogP contribution is 2.62. The van der Waals surface area contributed by atoms with Crippen LogP contribution in [-0.2, 0) is 0 Å². The van der Waals surface area contributed by atoms with Crippen LogP contribution >= 0.6 is 0 Å². The molecule has 0 spiro atoms. The third-order valence-corrected chi connectivity index (χ3v) is 4.41. The van der Waals surface area contributed by atoms with Crippen LogP contribution in [0.25, 0.3) is 0 Å². The van der Waals surface area contributed by atoms with Gasteiger partial charge < -0.3 is 5.11 Å². The van der Waals surface area contributed by atoms with Crippen molar-refractivity contribution in [3.8, 4) is 0 Å². The van der Waals surface area contributed by atoms with E-state index in [1.807, 2.05) is 0 Å². The molecule has 0 unspecified atom stereocenters. The van der Waals surface area contributed by atoms with Crippen LogP contribution in [0.15, 0.2) is 12.2 Å². The van der Waals surface area contributed by atoms with Gasteiger partial charge in [0.25, 0.3) is 0 Å². The molecule has 2 fully saturated rings. The van der Waals surface area contributed by atoms with Gasteiger partial charge in [0.1, 0.15) is 0 Å². The van der Waals surface area contributed by atoms with Gasteiger partial charge in [-0.3, -0.25) is 0 Å². The second-order valence-electron chi connectivity index (χ2n) is 5.65. The standard InChI is InChI=1S/C14H24O/c1-3-4-9-14(2)12(13(14)10-15)8-7-11-5-6-11/h7-8,11-13,15H,3-6,9-10H2,1-2H3/b8-7+/t12-,13+,14+/m1/s1. The van der Waals surface area contributed by atoms with Gasteiger partial charge in [0.15, 0.2) is 0 Å². The van der Waals surface area contributed by atoms with Crippen molar-refractivity contribution in [3.63, 3.8) is 0 Å². The molecule has 3 atom stereocenters. The van der Waals surface area contributed by atoms with Crippen molar-refractivity contribution in [2.75, 3.05) is 6.61 Å². The maximum absolute atomic E-state index is 9.36. The van der Waals surface area contributed by atoms with Gasteiger partial charge in [-0.15, -0.1) is 0 Å². The molecule has 0 radical (unpaired) electrons. The van der Waals surface area contributed by atoms with Crippen molar-refractivity contribution in [2.45, 2.75) is 46.0 Å². The lowest BCUT2D eigenvalue weighted by Crippen LogP contribution is -2.01. The summed E-state index contributed by atoms with van der Waals surface area (Å²) in [6.07, 6.45) is 11.4. The normalized spacial score (nSPS) is 39.9. The summed E-state index contributed by atoms with van der Waals surface area (Å²) in [6.45, 7) is 4.97. The van der Waals surface area contributed by atoms with Gasteiger partial charge in [0.2, 0.25) is 0 Å². The second kappa shape index (κ2) is 4.29. The predicted octanol–water partition coefficient (Wildman–Crippen LogP) is 3.39. The van der Waals surface area contributed by atoms with Crippen LogP contribution in [0.3, 0.4) is 0 Å². The summed E-state index contributed by atoms with van der Waals surface area (Å²) in [5.74, 6) is 2.08. The molecule has 0 aromatic rings. The topological polar surface area (TPSA) is 20.2 Å². The zero-order valence-corrected chi connectivity index (χ0v) is 10.1. The number of aliphatic hydroxyl groups is 1. The number of hydrogen-bond donors (Lipinski definition) is 1. The van der Waals surface area contributed by atoms with E-state index in [9.17, 15) is 5.11 Å². The fraction of sp³-hybridized carbons (Fsp3) is 0.857. The third kappa shape index (κ3) is 2.28. The maximum Gasteiger partial charge on any atom is 0.0470 e. The van der Waals surface area contributed by atoms with E-state index >= 15 is 0 Å². The Morgan fingerprint density at radius 2 is 2.07 bits per heavy atom. The van der Waals surface area contributed by atoms with E-state index in [0.29, 0.717) is 23.9 Å². The fourth-order valence-electron chi connectivity index (χ4n) is 2.85. The van der Waals surface area contributed by atoms with E-state index in [0.717, 1.165) is 5.92 Å². The lowest BCUT2D eigenvalue weighted by Gasteiger charge is -2.09. The molecule has 2 rings (SSSR count). The Kier molecular flexibility index (Phi) is 3.20. The van der Waals surface area contributed by atoms with Crippen molar-refractivity contribution < 1.29 is 5.11 Å². The number of allylic oxidation sites excluding steroid dienone is 2. The lowest BCUT2D eigenvalue weighted by atomic mass is 9.97. The summed E-state index contributed by atoms with van der Waals surface area (Å²) in [5.41, 5.74) is 0.413. The molecule has 2 aliphatic carbocycles. The SMILES string of the molecule is CCCC[C@@]1(C)[C@H](/C=C/C2CC2)[C@@H]1CO. The van der Waals surface area contributed by atoms with E-state index in [2.05, 4.69) is 26.0 Å². The summed E-state index contributed by atoms with van der Waals surface area (Å²) in [4.78, 5) is 0. The minimum atomic E-state index is 0.375. The van der Waals surface area contributed by atoms with Crippen LogP contribution in [0, 0.1) is 23.2 Å². The van der Waals surface area contributed by atoms with Gasteiger partial charge in [0.05, 0.1) is 0 Å². The summed E-state index contributed by atoms with van der Waals surface area (Å²) in [5, 5.41) is 9.36. The number of aliphatic hydroxyl groups excluding tert-OH is 1. The largest absolute Gasteiger partial charge is 0.396 e. The highest BCUT2D eigenvalue weighted by molar-refractivity contribution is 5.17. The first-order valence-electron chi connectivity index (χ1n) is 6.51. The van der Waals surface area contributed by atoms with Gasteiger partial charge in [-0.05, 0) is 42.4 Å². The van der Waals surface area contributed by atoms with E-state index in [1.54, 1.807) is 0 Å². The average Bonchev–Trinajstić information content (AvgIpc) is 3.10. The second-order valence-corrected chi connectivity index (χ2v) is 5.65. The van der Waals surface area contributed by atoms with Crippen molar-refractivity contribution in [2.24, 2.45) is 23.2 Å². The zero-order chi connectivity index (χ0) is 10.9. The first kappa shape index (κ1) is 11.2. The quantitative estimate of drug-likeness (QED) is 0.663. The Morgan fingerprint density at radius 1 is 1.33 bits per heavy atom. The molecule has 0 aromatic heterocycles. The molecule has 15 heavy (non-hydrogen) atoms. The van der Waals surface area contributed by atoms with E-state index in [1.165, 1.54) is 32.1 Å². The predicted molar refractivity (Wildman–Crippen MR) is 63.6 cm³/mol. The monoisotopic (exact) mass is 208 g/mol. The smallest absolute Gasteiger partial charge is 0.0470 e. The van der Waals surface area contributed by atoms with Crippen molar-refractivity contribution >= 4 is 0 Å². The van der Waals surface area contributed by atoms with Gasteiger partial charge in [-0.1, -0.05) is 38.8 Å². The molecule has 0 aliphatic heterocycles. The van der Waals surface area contributed by atoms with Crippen molar-refractivity contribution in [1.82, 2.24) is 0 Å². The molecular formula is C14H24O.